The van der Waals surface area contributed by atoms with Crippen LogP contribution in [0.1, 0.15) is 88.3 Å². The summed E-state index contributed by atoms with van der Waals surface area (Å²) in [5.41, 5.74) is 5.91. The molecule has 40 heavy (non-hydrogen) atoms. The largest absolute Gasteiger partial charge is 0.494 e. The van der Waals surface area contributed by atoms with Gasteiger partial charge in [-0.05, 0) is 85.7 Å². The first-order chi connectivity index (χ1) is 19.5. The summed E-state index contributed by atoms with van der Waals surface area (Å²) in [7, 11) is 0. The Hall–Kier alpha value is -3.47. The summed E-state index contributed by atoms with van der Waals surface area (Å²) < 4.78 is 22.7. The molecule has 0 N–H and O–H groups in total. The van der Waals surface area contributed by atoms with Crippen LogP contribution in [-0.4, -0.2) is 19.2 Å². The number of esters is 1. The van der Waals surface area contributed by atoms with Crippen LogP contribution >= 0.6 is 0 Å². The second-order valence-corrected chi connectivity index (χ2v) is 10.6. The highest BCUT2D eigenvalue weighted by Crippen LogP contribution is 2.32. The van der Waals surface area contributed by atoms with Gasteiger partial charge in [0.25, 0.3) is 0 Å². The molecule has 3 rings (SSSR count). The van der Waals surface area contributed by atoms with E-state index in [2.05, 4.69) is 50.8 Å². The van der Waals surface area contributed by atoms with Crippen molar-refractivity contribution in [3.63, 3.8) is 0 Å². The van der Waals surface area contributed by atoms with Gasteiger partial charge in [0.2, 0.25) is 0 Å². The summed E-state index contributed by atoms with van der Waals surface area (Å²) in [4.78, 5) is 11.7. The van der Waals surface area contributed by atoms with E-state index in [1.54, 1.807) is 19.5 Å². The number of carbonyl (C=O) groups is 1. The zero-order chi connectivity index (χ0) is 28.6. The van der Waals surface area contributed by atoms with Gasteiger partial charge in [-0.15, -0.1) is 0 Å². The minimum Gasteiger partial charge on any atom is -0.494 e. The average molecular weight is 547 g/mol. The van der Waals surface area contributed by atoms with Gasteiger partial charge in [0.05, 0.1) is 25.7 Å². The maximum Gasteiger partial charge on any atom is 0.333 e. The topological polar surface area (TPSA) is 57.9 Å². The van der Waals surface area contributed by atoms with Gasteiger partial charge in [0.1, 0.15) is 18.1 Å². The normalized spacial score (nSPS) is 10.9. The van der Waals surface area contributed by atoms with E-state index in [-0.39, 0.29) is 5.97 Å². The lowest BCUT2D eigenvalue weighted by Gasteiger charge is -2.15. The molecular weight excluding hydrogens is 500 g/mol. The molecule has 1 heterocycles. The first kappa shape index (κ1) is 31.1. The van der Waals surface area contributed by atoms with Crippen molar-refractivity contribution in [2.75, 3.05) is 13.2 Å². The fraction of sp³-hybridized carbons (Fsp3) is 0.457. The molecule has 0 saturated carbocycles. The smallest absolute Gasteiger partial charge is 0.333 e. The molecule has 0 amide bonds. The molecule has 3 aromatic rings. The SMILES string of the molecule is C=C(C)C(=O)OCCCc1cc(-c2ccc(OCCCCCCCCCC)cc2C)ccc1OCc1ccoc1. The minimum absolute atomic E-state index is 0.334. The Morgan fingerprint density at radius 1 is 0.875 bits per heavy atom. The van der Waals surface area contributed by atoms with E-state index in [9.17, 15) is 4.79 Å². The van der Waals surface area contributed by atoms with Crippen molar-refractivity contribution in [2.24, 2.45) is 0 Å². The van der Waals surface area contributed by atoms with Crippen LogP contribution in [-0.2, 0) is 22.6 Å². The molecule has 5 heteroatoms. The van der Waals surface area contributed by atoms with Crippen LogP contribution in [0.2, 0.25) is 0 Å². The van der Waals surface area contributed by atoms with E-state index >= 15 is 0 Å². The van der Waals surface area contributed by atoms with Crippen LogP contribution in [0.4, 0.5) is 0 Å². The first-order valence-electron chi connectivity index (χ1n) is 14.8. The molecule has 5 nitrogen and oxygen atoms in total. The molecule has 0 spiro atoms. The minimum atomic E-state index is -0.356. The van der Waals surface area contributed by atoms with Crippen molar-refractivity contribution >= 4 is 5.97 Å². The van der Waals surface area contributed by atoms with E-state index in [0.717, 1.165) is 53.2 Å². The Balaban J connectivity index is 1.59. The standard InChI is InChI=1S/C35H46O5/c1-5-6-7-8-9-10-11-12-20-38-32-16-17-33(28(4)23-32)30-15-18-34(40-26-29-19-22-37-25-29)31(24-30)14-13-21-39-35(36)27(2)3/h15-19,22-25H,2,5-14,20-21,26H2,1,3-4H3. The number of unbranched alkanes of at least 4 members (excludes halogenated alkanes) is 7. The van der Waals surface area contributed by atoms with Crippen LogP contribution in [0.15, 0.2) is 71.6 Å². The summed E-state index contributed by atoms with van der Waals surface area (Å²) in [6, 6.07) is 14.5. The highest BCUT2D eigenvalue weighted by molar-refractivity contribution is 5.86. The number of furan rings is 1. The Bertz CT molecular complexity index is 1180. The molecule has 0 fully saturated rings. The molecule has 216 valence electrons. The molecule has 0 radical (unpaired) electrons. The van der Waals surface area contributed by atoms with Gasteiger partial charge >= 0.3 is 5.97 Å². The predicted octanol–water partition coefficient (Wildman–Crippen LogP) is 9.41. The number of carbonyl (C=O) groups excluding carboxylic acids is 1. The Morgan fingerprint density at radius 3 is 2.35 bits per heavy atom. The molecule has 1 aromatic heterocycles. The summed E-state index contributed by atoms with van der Waals surface area (Å²) in [6.45, 7) is 11.2. The quantitative estimate of drug-likeness (QED) is 0.0851. The number of aryl methyl sites for hydroxylation is 2. The summed E-state index contributed by atoms with van der Waals surface area (Å²) in [6.07, 6.45) is 15.1. The maximum absolute atomic E-state index is 11.7. The zero-order valence-corrected chi connectivity index (χ0v) is 24.6. The monoisotopic (exact) mass is 546 g/mol. The van der Waals surface area contributed by atoms with Crippen LogP contribution in [0.25, 0.3) is 11.1 Å². The van der Waals surface area contributed by atoms with E-state index in [1.165, 1.54) is 50.5 Å². The van der Waals surface area contributed by atoms with Gasteiger partial charge in [-0.1, -0.05) is 70.6 Å². The molecular formula is C35H46O5. The summed E-state index contributed by atoms with van der Waals surface area (Å²) >= 11 is 0. The molecule has 0 unspecified atom stereocenters. The van der Waals surface area contributed by atoms with E-state index in [0.29, 0.717) is 25.2 Å². The van der Waals surface area contributed by atoms with E-state index in [4.69, 9.17) is 18.6 Å². The Kier molecular flexibility index (Phi) is 13.4. The number of benzene rings is 2. The van der Waals surface area contributed by atoms with Crippen molar-refractivity contribution in [1.82, 2.24) is 0 Å². The molecule has 0 bridgehead atoms. The number of hydrogen-bond acceptors (Lipinski definition) is 5. The van der Waals surface area contributed by atoms with Gasteiger partial charge < -0.3 is 18.6 Å². The Labute approximate surface area is 240 Å². The maximum atomic E-state index is 11.7. The van der Waals surface area contributed by atoms with Gasteiger partial charge in [-0.2, -0.15) is 0 Å². The van der Waals surface area contributed by atoms with E-state index in [1.807, 2.05) is 12.1 Å². The van der Waals surface area contributed by atoms with Crippen LogP contribution < -0.4 is 9.47 Å². The lowest BCUT2D eigenvalue weighted by atomic mass is 9.96. The fourth-order valence-corrected chi connectivity index (χ4v) is 4.65. The lowest BCUT2D eigenvalue weighted by molar-refractivity contribution is -0.139. The van der Waals surface area contributed by atoms with Crippen LogP contribution in [0, 0.1) is 6.92 Å². The van der Waals surface area contributed by atoms with Crippen molar-refractivity contribution in [1.29, 1.82) is 0 Å². The lowest BCUT2D eigenvalue weighted by Crippen LogP contribution is -2.07. The van der Waals surface area contributed by atoms with Crippen LogP contribution in [0.5, 0.6) is 11.5 Å². The molecule has 0 aliphatic rings. The van der Waals surface area contributed by atoms with Crippen molar-refractivity contribution < 1.29 is 23.4 Å². The first-order valence-corrected chi connectivity index (χ1v) is 14.8. The van der Waals surface area contributed by atoms with Gasteiger partial charge in [0, 0.05) is 11.1 Å². The molecule has 0 atom stereocenters. The second kappa shape index (κ2) is 17.3. The average Bonchev–Trinajstić information content (AvgIpc) is 3.47. The number of ether oxygens (including phenoxy) is 3. The predicted molar refractivity (Wildman–Crippen MR) is 162 cm³/mol. The zero-order valence-electron chi connectivity index (χ0n) is 24.6. The summed E-state index contributed by atoms with van der Waals surface area (Å²) in [5.74, 6) is 1.38. The van der Waals surface area contributed by atoms with Gasteiger partial charge in [-0.3, -0.25) is 0 Å². The van der Waals surface area contributed by atoms with Gasteiger partial charge in [-0.25, -0.2) is 4.79 Å². The third-order valence-electron chi connectivity index (χ3n) is 6.98. The van der Waals surface area contributed by atoms with Crippen molar-refractivity contribution in [3.05, 3.63) is 83.8 Å². The van der Waals surface area contributed by atoms with Crippen molar-refractivity contribution in [3.8, 4) is 22.6 Å². The second-order valence-electron chi connectivity index (χ2n) is 10.6. The van der Waals surface area contributed by atoms with Crippen molar-refractivity contribution in [2.45, 2.75) is 91.6 Å². The third kappa shape index (κ3) is 10.6. The third-order valence-corrected chi connectivity index (χ3v) is 6.98. The number of rotatable bonds is 19. The number of hydrogen-bond donors (Lipinski definition) is 0. The molecule has 2 aromatic carbocycles. The van der Waals surface area contributed by atoms with Gasteiger partial charge in [0.15, 0.2) is 0 Å². The van der Waals surface area contributed by atoms with Crippen LogP contribution in [0.3, 0.4) is 0 Å². The fourth-order valence-electron chi connectivity index (χ4n) is 4.65. The highest BCUT2D eigenvalue weighted by Gasteiger charge is 2.11. The molecule has 0 aliphatic carbocycles. The molecule has 0 saturated heterocycles. The molecule has 0 aliphatic heterocycles. The highest BCUT2D eigenvalue weighted by atomic mass is 16.5. The summed E-state index contributed by atoms with van der Waals surface area (Å²) in [5, 5.41) is 0. The Morgan fingerprint density at radius 2 is 1.65 bits per heavy atom. The van der Waals surface area contributed by atoms with E-state index < -0.39 is 0 Å².